The van der Waals surface area contributed by atoms with E-state index in [-0.39, 0.29) is 10.8 Å². The van der Waals surface area contributed by atoms with Crippen LogP contribution in [0.1, 0.15) is 29.0 Å². The van der Waals surface area contributed by atoms with E-state index in [1.807, 2.05) is 36.5 Å². The number of hydrogen-bond donors (Lipinski definition) is 1. The van der Waals surface area contributed by atoms with Gasteiger partial charge in [0, 0.05) is 37.9 Å². The number of hydrogen-bond acceptors (Lipinski definition) is 2. The lowest BCUT2D eigenvalue weighted by Crippen LogP contribution is -2.33. The van der Waals surface area contributed by atoms with Gasteiger partial charge in [0.05, 0.1) is 5.92 Å². The zero-order valence-electron chi connectivity index (χ0n) is 12.6. The van der Waals surface area contributed by atoms with Gasteiger partial charge in [0.1, 0.15) is 0 Å². The fraction of sp³-hybridized carbons (Fsp3) is 0.222. The van der Waals surface area contributed by atoms with Crippen LogP contribution in [0.25, 0.3) is 10.9 Å². The van der Waals surface area contributed by atoms with Crippen LogP contribution in [0.4, 0.5) is 0 Å². The second kappa shape index (κ2) is 5.90. The standard InChI is InChI=1S/C18H14BrClN2O2/c19-11-3-1-10-2-6-17(22(23)24)18(14(10)7-11)15-9-21-16-8-12(20)4-5-13(15)16/h1,3-5,7-9,17-18,21H,2,6H2/t17-,18+/m0/s1. The van der Waals surface area contributed by atoms with Crippen LogP contribution in [-0.4, -0.2) is 15.9 Å². The molecule has 0 aliphatic heterocycles. The summed E-state index contributed by atoms with van der Waals surface area (Å²) in [6, 6.07) is 11.1. The summed E-state index contributed by atoms with van der Waals surface area (Å²) in [6.07, 6.45) is 3.17. The SMILES string of the molecule is O=[N+]([O-])[C@H]1CCc2ccc(Br)cc2[C@@H]1c1c[nH]c2cc(Cl)ccc12. The summed E-state index contributed by atoms with van der Waals surface area (Å²) in [5.41, 5.74) is 4.09. The molecule has 4 rings (SSSR count). The first-order valence-corrected chi connectivity index (χ1v) is 8.90. The zero-order valence-corrected chi connectivity index (χ0v) is 15.0. The highest BCUT2D eigenvalue weighted by Gasteiger charge is 2.39. The molecule has 3 aromatic rings. The Hall–Kier alpha value is -1.85. The summed E-state index contributed by atoms with van der Waals surface area (Å²) < 4.78 is 0.943. The highest BCUT2D eigenvalue weighted by molar-refractivity contribution is 9.10. The van der Waals surface area contributed by atoms with Crippen LogP contribution in [0.15, 0.2) is 47.1 Å². The molecule has 0 amide bonds. The molecule has 6 heteroatoms. The van der Waals surface area contributed by atoms with Crippen molar-refractivity contribution in [2.24, 2.45) is 0 Å². The van der Waals surface area contributed by atoms with Gasteiger partial charge in [-0.3, -0.25) is 10.1 Å². The maximum Gasteiger partial charge on any atom is 0.224 e. The second-order valence-corrected chi connectivity index (χ2v) is 7.50. The molecule has 0 bridgehead atoms. The van der Waals surface area contributed by atoms with Crippen LogP contribution in [-0.2, 0) is 6.42 Å². The number of aromatic nitrogens is 1. The number of aromatic amines is 1. The number of nitro groups is 1. The van der Waals surface area contributed by atoms with Gasteiger partial charge in [0.2, 0.25) is 6.04 Å². The summed E-state index contributed by atoms with van der Waals surface area (Å²) >= 11 is 9.56. The minimum Gasteiger partial charge on any atom is -0.361 e. The molecular formula is C18H14BrClN2O2. The van der Waals surface area contributed by atoms with E-state index in [4.69, 9.17) is 11.6 Å². The van der Waals surface area contributed by atoms with Crippen molar-refractivity contribution in [1.29, 1.82) is 0 Å². The lowest BCUT2D eigenvalue weighted by Gasteiger charge is -2.28. The van der Waals surface area contributed by atoms with E-state index >= 15 is 0 Å². The first kappa shape index (κ1) is 15.7. The molecule has 1 aliphatic rings. The number of rotatable bonds is 2. The van der Waals surface area contributed by atoms with E-state index in [9.17, 15) is 10.1 Å². The third kappa shape index (κ3) is 2.52. The predicted molar refractivity (Wildman–Crippen MR) is 98.4 cm³/mol. The van der Waals surface area contributed by atoms with E-state index < -0.39 is 6.04 Å². The van der Waals surface area contributed by atoms with Crippen molar-refractivity contribution in [3.8, 4) is 0 Å². The van der Waals surface area contributed by atoms with Crippen molar-refractivity contribution in [2.75, 3.05) is 0 Å². The second-order valence-electron chi connectivity index (χ2n) is 6.15. The van der Waals surface area contributed by atoms with Gasteiger partial charge in [-0.2, -0.15) is 0 Å². The van der Waals surface area contributed by atoms with Crippen molar-refractivity contribution in [1.82, 2.24) is 4.98 Å². The molecular weight excluding hydrogens is 392 g/mol. The monoisotopic (exact) mass is 404 g/mol. The molecule has 24 heavy (non-hydrogen) atoms. The molecule has 4 nitrogen and oxygen atoms in total. The molecule has 2 aromatic carbocycles. The van der Waals surface area contributed by atoms with Gasteiger partial charge in [0.15, 0.2) is 0 Å². The Balaban J connectivity index is 1.95. The lowest BCUT2D eigenvalue weighted by atomic mass is 9.76. The van der Waals surface area contributed by atoms with E-state index in [0.717, 1.165) is 32.9 Å². The number of aryl methyl sites for hydroxylation is 1. The first-order valence-electron chi connectivity index (χ1n) is 7.73. The van der Waals surface area contributed by atoms with Crippen LogP contribution in [0.2, 0.25) is 5.02 Å². The predicted octanol–water partition coefficient (Wildman–Crippen LogP) is 5.31. The molecule has 0 saturated heterocycles. The first-order chi connectivity index (χ1) is 11.5. The zero-order chi connectivity index (χ0) is 16.8. The molecule has 2 atom stereocenters. The van der Waals surface area contributed by atoms with Crippen LogP contribution >= 0.6 is 27.5 Å². The van der Waals surface area contributed by atoms with Crippen molar-refractivity contribution >= 4 is 38.4 Å². The van der Waals surface area contributed by atoms with Crippen molar-refractivity contribution in [3.05, 3.63) is 78.9 Å². The molecule has 1 N–H and O–H groups in total. The number of nitrogens with zero attached hydrogens (tertiary/aromatic N) is 1. The fourth-order valence-corrected chi connectivity index (χ4v) is 4.29. The van der Waals surface area contributed by atoms with Gasteiger partial charge >= 0.3 is 0 Å². The number of nitrogens with one attached hydrogen (secondary N) is 1. The lowest BCUT2D eigenvalue weighted by molar-refractivity contribution is -0.526. The third-order valence-corrected chi connectivity index (χ3v) is 5.55. The van der Waals surface area contributed by atoms with Gasteiger partial charge < -0.3 is 4.98 Å². The van der Waals surface area contributed by atoms with E-state index in [2.05, 4.69) is 27.0 Å². The Morgan fingerprint density at radius 1 is 1.21 bits per heavy atom. The Morgan fingerprint density at radius 2 is 2.04 bits per heavy atom. The van der Waals surface area contributed by atoms with E-state index in [0.29, 0.717) is 11.4 Å². The molecule has 1 heterocycles. The molecule has 0 radical (unpaired) electrons. The Kier molecular flexibility index (Phi) is 3.85. The summed E-state index contributed by atoms with van der Waals surface area (Å²) in [4.78, 5) is 14.8. The van der Waals surface area contributed by atoms with Crippen molar-refractivity contribution < 1.29 is 4.92 Å². The fourth-order valence-electron chi connectivity index (χ4n) is 3.74. The van der Waals surface area contributed by atoms with Crippen LogP contribution in [0.3, 0.4) is 0 Å². The average molecular weight is 406 g/mol. The molecule has 0 fully saturated rings. The molecule has 1 aliphatic carbocycles. The minimum absolute atomic E-state index is 0.136. The third-order valence-electron chi connectivity index (χ3n) is 4.82. The van der Waals surface area contributed by atoms with Crippen molar-refractivity contribution in [3.63, 3.8) is 0 Å². The van der Waals surface area contributed by atoms with E-state index in [1.54, 1.807) is 0 Å². The Morgan fingerprint density at radius 3 is 2.83 bits per heavy atom. The smallest absolute Gasteiger partial charge is 0.224 e. The highest BCUT2D eigenvalue weighted by atomic mass is 79.9. The maximum absolute atomic E-state index is 11.7. The van der Waals surface area contributed by atoms with Gasteiger partial charge in [-0.05, 0) is 47.4 Å². The van der Waals surface area contributed by atoms with Gasteiger partial charge in [-0.1, -0.05) is 39.7 Å². The summed E-state index contributed by atoms with van der Waals surface area (Å²) in [5.74, 6) is -0.267. The van der Waals surface area contributed by atoms with E-state index in [1.165, 1.54) is 5.56 Å². The van der Waals surface area contributed by atoms with Gasteiger partial charge in [-0.25, -0.2) is 0 Å². The largest absolute Gasteiger partial charge is 0.361 e. The number of fused-ring (bicyclic) bond motifs is 2. The number of benzene rings is 2. The summed E-state index contributed by atoms with van der Waals surface area (Å²) in [6.45, 7) is 0. The topological polar surface area (TPSA) is 58.9 Å². The van der Waals surface area contributed by atoms with Gasteiger partial charge in [-0.15, -0.1) is 0 Å². The van der Waals surface area contributed by atoms with Crippen LogP contribution in [0.5, 0.6) is 0 Å². The maximum atomic E-state index is 11.7. The molecule has 0 spiro atoms. The molecule has 0 unspecified atom stereocenters. The summed E-state index contributed by atoms with van der Waals surface area (Å²) in [7, 11) is 0. The quantitative estimate of drug-likeness (QED) is 0.464. The minimum atomic E-state index is -0.624. The van der Waals surface area contributed by atoms with Crippen LogP contribution < -0.4 is 0 Å². The summed E-state index contributed by atoms with van der Waals surface area (Å²) in [5, 5.41) is 13.3. The normalized spacial score (nSPS) is 20.1. The average Bonchev–Trinajstić information content (AvgIpc) is 2.96. The number of H-pyrrole nitrogens is 1. The Labute approximate surface area is 152 Å². The molecule has 0 saturated carbocycles. The number of halogens is 2. The van der Waals surface area contributed by atoms with Crippen molar-refractivity contribution in [2.45, 2.75) is 24.8 Å². The molecule has 122 valence electrons. The highest BCUT2D eigenvalue weighted by Crippen LogP contribution is 2.42. The Bertz CT molecular complexity index is 953. The van der Waals surface area contributed by atoms with Crippen LogP contribution in [0, 0.1) is 10.1 Å². The van der Waals surface area contributed by atoms with Gasteiger partial charge in [0.25, 0.3) is 0 Å². The molecule has 1 aromatic heterocycles.